The zero-order valence-electron chi connectivity index (χ0n) is 10.1. The molecule has 0 radical (unpaired) electrons. The van der Waals surface area contributed by atoms with E-state index < -0.39 is 0 Å². The quantitative estimate of drug-likeness (QED) is 0.865. The highest BCUT2D eigenvalue weighted by Crippen LogP contribution is 2.33. The lowest BCUT2D eigenvalue weighted by Gasteiger charge is -2.25. The molecule has 0 amide bonds. The van der Waals surface area contributed by atoms with Gasteiger partial charge in [0.15, 0.2) is 5.82 Å². The van der Waals surface area contributed by atoms with Crippen molar-refractivity contribution in [1.82, 2.24) is 20.5 Å². The zero-order chi connectivity index (χ0) is 12.4. The first-order valence-corrected chi connectivity index (χ1v) is 6.76. The lowest BCUT2D eigenvalue weighted by Crippen LogP contribution is -2.44. The molecule has 1 aliphatic heterocycles. The summed E-state index contributed by atoms with van der Waals surface area (Å²) in [4.78, 5) is 7.72. The van der Waals surface area contributed by atoms with Gasteiger partial charge < -0.3 is 15.0 Å². The van der Waals surface area contributed by atoms with E-state index in [9.17, 15) is 0 Å². The molecule has 0 spiro atoms. The number of hydrogen-bond acceptors (Lipinski definition) is 6. The Hall–Kier alpha value is -1.60. The van der Waals surface area contributed by atoms with Gasteiger partial charge in [-0.3, -0.25) is 5.10 Å². The predicted molar refractivity (Wildman–Crippen MR) is 71.3 cm³/mol. The van der Waals surface area contributed by atoms with Gasteiger partial charge in [-0.25, -0.2) is 0 Å². The van der Waals surface area contributed by atoms with Gasteiger partial charge in [-0.1, -0.05) is 0 Å². The molecule has 2 aromatic heterocycles. The van der Waals surface area contributed by atoms with Gasteiger partial charge in [0.1, 0.15) is 10.6 Å². The Morgan fingerprint density at radius 2 is 2.22 bits per heavy atom. The van der Waals surface area contributed by atoms with Gasteiger partial charge in [-0.15, -0.1) is 16.4 Å². The molecule has 7 heteroatoms. The predicted octanol–water partition coefficient (Wildman–Crippen LogP) is 0.951. The number of nitrogens with zero attached hydrogens (tertiary/aromatic N) is 3. The molecule has 1 fully saturated rings. The maximum Gasteiger partial charge on any atom is 0.245 e. The third-order valence-electron chi connectivity index (χ3n) is 2.94. The van der Waals surface area contributed by atoms with Crippen LogP contribution in [0.25, 0.3) is 10.7 Å². The molecule has 1 aliphatic rings. The van der Waals surface area contributed by atoms with E-state index in [1.54, 1.807) is 18.4 Å². The molecule has 0 unspecified atom stereocenters. The van der Waals surface area contributed by atoms with Gasteiger partial charge >= 0.3 is 0 Å². The second-order valence-electron chi connectivity index (χ2n) is 4.04. The fourth-order valence-electron chi connectivity index (χ4n) is 1.99. The molecule has 3 rings (SSSR count). The van der Waals surface area contributed by atoms with Gasteiger partial charge in [0.25, 0.3) is 0 Å². The first-order chi connectivity index (χ1) is 8.88. The van der Waals surface area contributed by atoms with Gasteiger partial charge in [-0.05, 0) is 11.4 Å². The van der Waals surface area contributed by atoms with Crippen molar-refractivity contribution in [3.63, 3.8) is 0 Å². The summed E-state index contributed by atoms with van der Waals surface area (Å²) in [5.41, 5.74) is 0. The molecule has 2 N–H and O–H groups in total. The van der Waals surface area contributed by atoms with Gasteiger partial charge in [0.2, 0.25) is 5.95 Å². The number of H-pyrrole nitrogens is 1. The average molecular weight is 265 g/mol. The molecule has 2 aromatic rings. The van der Waals surface area contributed by atoms with Crippen molar-refractivity contribution in [2.45, 2.75) is 0 Å². The van der Waals surface area contributed by atoms with E-state index in [0.717, 1.165) is 48.6 Å². The summed E-state index contributed by atoms with van der Waals surface area (Å²) in [6, 6.07) is 1.94. The molecule has 6 nitrogen and oxygen atoms in total. The maximum absolute atomic E-state index is 5.29. The number of methoxy groups -OCH3 is 1. The third-order valence-corrected chi connectivity index (χ3v) is 3.84. The Morgan fingerprint density at radius 1 is 1.39 bits per heavy atom. The van der Waals surface area contributed by atoms with Crippen LogP contribution in [-0.2, 0) is 0 Å². The highest BCUT2D eigenvalue weighted by Gasteiger charge is 2.17. The van der Waals surface area contributed by atoms with Crippen molar-refractivity contribution < 1.29 is 4.74 Å². The normalized spacial score (nSPS) is 15.9. The summed E-state index contributed by atoms with van der Waals surface area (Å²) in [6.07, 6.45) is 0. The monoisotopic (exact) mass is 265 g/mol. The number of thiophene rings is 1. The molecule has 0 atom stereocenters. The summed E-state index contributed by atoms with van der Waals surface area (Å²) < 4.78 is 5.29. The minimum absolute atomic E-state index is 0.766. The van der Waals surface area contributed by atoms with Crippen molar-refractivity contribution in [3.05, 3.63) is 11.4 Å². The lowest BCUT2D eigenvalue weighted by atomic mass is 10.4. The van der Waals surface area contributed by atoms with Crippen LogP contribution in [0.5, 0.6) is 5.75 Å². The second-order valence-corrected chi connectivity index (χ2v) is 4.96. The molecule has 0 saturated carbocycles. The SMILES string of the molecule is COc1ccsc1-c1nc(N2CCNCC2)n[nH]1. The fraction of sp³-hybridized carbons (Fsp3) is 0.455. The summed E-state index contributed by atoms with van der Waals surface area (Å²) >= 11 is 1.60. The Bertz CT molecular complexity index is 517. The van der Waals surface area contributed by atoms with Crippen LogP contribution < -0.4 is 15.0 Å². The van der Waals surface area contributed by atoms with E-state index in [2.05, 4.69) is 25.4 Å². The number of piperazine rings is 1. The number of rotatable bonds is 3. The van der Waals surface area contributed by atoms with Crippen molar-refractivity contribution in [1.29, 1.82) is 0 Å². The first kappa shape index (κ1) is 11.5. The van der Waals surface area contributed by atoms with Crippen LogP contribution in [0, 0.1) is 0 Å². The summed E-state index contributed by atoms with van der Waals surface area (Å²) in [6.45, 7) is 3.84. The van der Waals surface area contributed by atoms with E-state index in [1.807, 2.05) is 11.4 Å². The van der Waals surface area contributed by atoms with Crippen molar-refractivity contribution in [3.8, 4) is 16.5 Å². The van der Waals surface area contributed by atoms with Gasteiger partial charge in [-0.2, -0.15) is 4.98 Å². The van der Waals surface area contributed by atoms with Crippen LogP contribution in [0.15, 0.2) is 11.4 Å². The molecule has 0 aliphatic carbocycles. The summed E-state index contributed by atoms with van der Waals surface area (Å²) in [5.74, 6) is 2.38. The number of aromatic nitrogens is 3. The molecule has 3 heterocycles. The average Bonchev–Trinajstić information content (AvgIpc) is 3.08. The van der Waals surface area contributed by atoms with E-state index in [-0.39, 0.29) is 0 Å². The number of nitrogens with one attached hydrogen (secondary N) is 2. The number of aromatic amines is 1. The van der Waals surface area contributed by atoms with Crippen molar-refractivity contribution >= 4 is 17.3 Å². The standard InChI is InChI=1S/C11H15N5OS/c1-17-8-2-7-18-9(8)10-13-11(15-14-10)16-5-3-12-4-6-16/h2,7,12H,3-6H2,1H3,(H,13,14,15). The van der Waals surface area contributed by atoms with E-state index >= 15 is 0 Å². The molecule has 18 heavy (non-hydrogen) atoms. The maximum atomic E-state index is 5.29. The van der Waals surface area contributed by atoms with Crippen LogP contribution >= 0.6 is 11.3 Å². The highest BCUT2D eigenvalue weighted by molar-refractivity contribution is 7.13. The topological polar surface area (TPSA) is 66.1 Å². The zero-order valence-corrected chi connectivity index (χ0v) is 11.0. The Labute approximate surface area is 109 Å². The number of anilines is 1. The first-order valence-electron chi connectivity index (χ1n) is 5.88. The molecular formula is C11H15N5OS. The van der Waals surface area contributed by atoms with E-state index in [0.29, 0.717) is 0 Å². The molecule has 1 saturated heterocycles. The van der Waals surface area contributed by atoms with Gasteiger partial charge in [0.05, 0.1) is 7.11 Å². The molecule has 96 valence electrons. The molecule has 0 bridgehead atoms. The summed E-state index contributed by atoms with van der Waals surface area (Å²) in [5, 5.41) is 12.6. The third kappa shape index (κ3) is 2.06. The second kappa shape index (κ2) is 4.95. The van der Waals surface area contributed by atoms with Crippen LogP contribution in [-0.4, -0.2) is 48.5 Å². The Morgan fingerprint density at radius 3 is 3.00 bits per heavy atom. The van der Waals surface area contributed by atoms with Crippen molar-refractivity contribution in [2.24, 2.45) is 0 Å². The minimum Gasteiger partial charge on any atom is -0.495 e. The van der Waals surface area contributed by atoms with Crippen LogP contribution in [0.3, 0.4) is 0 Å². The fourth-order valence-corrected chi connectivity index (χ4v) is 2.79. The lowest BCUT2D eigenvalue weighted by molar-refractivity contribution is 0.418. The number of ether oxygens (including phenoxy) is 1. The highest BCUT2D eigenvalue weighted by atomic mass is 32.1. The Balaban J connectivity index is 1.84. The molecule has 0 aromatic carbocycles. The molecular weight excluding hydrogens is 250 g/mol. The van der Waals surface area contributed by atoms with Crippen LogP contribution in [0.1, 0.15) is 0 Å². The minimum atomic E-state index is 0.766. The van der Waals surface area contributed by atoms with Crippen LogP contribution in [0.2, 0.25) is 0 Å². The number of hydrogen-bond donors (Lipinski definition) is 2. The van der Waals surface area contributed by atoms with E-state index in [1.165, 1.54) is 0 Å². The smallest absolute Gasteiger partial charge is 0.245 e. The van der Waals surface area contributed by atoms with E-state index in [4.69, 9.17) is 4.74 Å². The summed E-state index contributed by atoms with van der Waals surface area (Å²) in [7, 11) is 1.67. The Kier molecular flexibility index (Phi) is 3.16. The van der Waals surface area contributed by atoms with Crippen molar-refractivity contribution in [2.75, 3.05) is 38.2 Å². The largest absolute Gasteiger partial charge is 0.495 e. The van der Waals surface area contributed by atoms with Gasteiger partial charge in [0, 0.05) is 26.2 Å². The van der Waals surface area contributed by atoms with Crippen LogP contribution in [0.4, 0.5) is 5.95 Å².